The van der Waals surface area contributed by atoms with Crippen molar-refractivity contribution in [1.29, 1.82) is 0 Å². The Bertz CT molecular complexity index is 1180. The summed E-state index contributed by atoms with van der Waals surface area (Å²) in [5.41, 5.74) is 7.44. The Morgan fingerprint density at radius 2 is 1.55 bits per heavy atom. The van der Waals surface area contributed by atoms with Crippen LogP contribution in [0.1, 0.15) is 30.0 Å². The molecular formula is C25H25N3O2S. The van der Waals surface area contributed by atoms with Crippen molar-refractivity contribution >= 4 is 33.9 Å². The molecule has 0 radical (unpaired) electrons. The molecule has 1 aromatic heterocycles. The quantitative estimate of drug-likeness (QED) is 0.290. The summed E-state index contributed by atoms with van der Waals surface area (Å²) in [6, 6.07) is 21.8. The molecule has 0 aliphatic rings. The lowest BCUT2D eigenvalue weighted by molar-refractivity contribution is 0.318. The molecule has 1 heterocycles. The summed E-state index contributed by atoms with van der Waals surface area (Å²) in [6.45, 7) is 3.58. The Labute approximate surface area is 186 Å². The molecular weight excluding hydrogens is 406 g/mol. The molecule has 0 aliphatic carbocycles. The number of benzene rings is 3. The summed E-state index contributed by atoms with van der Waals surface area (Å²) in [5, 5.41) is 12.9. The zero-order chi connectivity index (χ0) is 21.6. The smallest absolute Gasteiger partial charge is 0.119 e. The van der Waals surface area contributed by atoms with Gasteiger partial charge in [-0.3, -0.25) is 0 Å². The minimum atomic E-state index is 0.254. The van der Waals surface area contributed by atoms with Crippen molar-refractivity contribution in [3.8, 4) is 11.5 Å². The molecule has 5 nitrogen and oxygen atoms in total. The molecule has 2 N–H and O–H groups in total. The average Bonchev–Trinajstić information content (AvgIpc) is 3.27. The molecule has 0 amide bonds. The number of fused-ring (bicyclic) bond motifs is 1. The topological polar surface area (TPSA) is 67.3 Å². The van der Waals surface area contributed by atoms with Crippen molar-refractivity contribution in [2.45, 2.75) is 13.3 Å². The van der Waals surface area contributed by atoms with Gasteiger partial charge in [-0.05, 0) is 77.7 Å². The van der Waals surface area contributed by atoms with Crippen LogP contribution in [0.2, 0.25) is 0 Å². The second kappa shape index (κ2) is 9.73. The van der Waals surface area contributed by atoms with E-state index >= 15 is 0 Å². The van der Waals surface area contributed by atoms with Crippen LogP contribution in [-0.2, 0) is 0 Å². The number of nitrogens with one attached hydrogen (secondary N) is 1. The number of aromatic hydroxyl groups is 1. The predicted molar refractivity (Wildman–Crippen MR) is 128 cm³/mol. The number of likely N-dealkylation sites (N-methyl/N-ethyl adjacent to an activating group) is 1. The Balaban J connectivity index is 1.82. The van der Waals surface area contributed by atoms with Gasteiger partial charge in [-0.1, -0.05) is 37.3 Å². The van der Waals surface area contributed by atoms with Crippen LogP contribution >= 0.6 is 11.7 Å². The Hall–Kier alpha value is -3.22. The van der Waals surface area contributed by atoms with Crippen molar-refractivity contribution in [3.63, 3.8) is 0 Å². The highest BCUT2D eigenvalue weighted by Crippen LogP contribution is 2.36. The maximum absolute atomic E-state index is 9.80. The normalized spacial score (nSPS) is 12.1. The molecule has 0 saturated carbocycles. The Morgan fingerprint density at radius 1 is 0.903 bits per heavy atom. The lowest BCUT2D eigenvalue weighted by atomic mass is 9.88. The zero-order valence-electron chi connectivity index (χ0n) is 17.6. The van der Waals surface area contributed by atoms with Gasteiger partial charge in [-0.15, -0.1) is 0 Å². The summed E-state index contributed by atoms with van der Waals surface area (Å²) < 4.78 is 14.5. The number of nitrogens with zero attached hydrogens (tertiary/aromatic N) is 2. The van der Waals surface area contributed by atoms with Crippen LogP contribution in [-0.4, -0.2) is 34.1 Å². The van der Waals surface area contributed by atoms with Crippen molar-refractivity contribution in [2.75, 3.05) is 20.2 Å². The van der Waals surface area contributed by atoms with Crippen LogP contribution in [0, 0.1) is 0 Å². The minimum Gasteiger partial charge on any atom is -0.508 e. The third-order valence-corrected chi connectivity index (χ3v) is 5.73. The molecule has 0 aliphatic heterocycles. The SMILES string of the molecule is CCC(=C(c1ccc(O)cc1)c1ccc(OCCNC)cc1)c1ccc2nsnc2c1. The molecule has 0 bridgehead atoms. The minimum absolute atomic E-state index is 0.254. The molecule has 0 saturated heterocycles. The van der Waals surface area contributed by atoms with E-state index in [1.165, 1.54) is 17.3 Å². The third kappa shape index (κ3) is 4.76. The van der Waals surface area contributed by atoms with Crippen LogP contribution < -0.4 is 10.1 Å². The van der Waals surface area contributed by atoms with Crippen molar-refractivity contribution < 1.29 is 9.84 Å². The van der Waals surface area contributed by atoms with Gasteiger partial charge in [0.25, 0.3) is 0 Å². The highest BCUT2D eigenvalue weighted by atomic mass is 32.1. The van der Waals surface area contributed by atoms with Gasteiger partial charge in [-0.25, -0.2) is 0 Å². The van der Waals surface area contributed by atoms with Crippen LogP contribution in [0.5, 0.6) is 11.5 Å². The maximum atomic E-state index is 9.80. The standard InChI is InChI=1S/C25H25N3O2S/c1-3-22(19-8-13-23-24(16-19)28-31-27-23)25(17-4-9-20(29)10-5-17)18-6-11-21(12-7-18)30-15-14-26-2/h4-13,16,26,29H,3,14-15H2,1-2H3. The van der Waals surface area contributed by atoms with E-state index in [0.717, 1.165) is 52.0 Å². The molecule has 3 aromatic carbocycles. The first-order valence-electron chi connectivity index (χ1n) is 10.3. The fourth-order valence-corrected chi connectivity index (χ4v) is 4.14. The van der Waals surface area contributed by atoms with Gasteiger partial charge >= 0.3 is 0 Å². The van der Waals surface area contributed by atoms with Crippen molar-refractivity contribution in [2.24, 2.45) is 0 Å². The van der Waals surface area contributed by atoms with Crippen molar-refractivity contribution in [3.05, 3.63) is 83.4 Å². The lowest BCUT2D eigenvalue weighted by Crippen LogP contribution is -2.15. The van der Waals surface area contributed by atoms with E-state index in [9.17, 15) is 5.11 Å². The largest absolute Gasteiger partial charge is 0.508 e. The van der Waals surface area contributed by atoms with Crippen molar-refractivity contribution in [1.82, 2.24) is 14.1 Å². The fourth-order valence-electron chi connectivity index (χ4n) is 3.63. The number of allylic oxidation sites excluding steroid dienone is 1. The first-order chi connectivity index (χ1) is 15.2. The molecule has 0 fully saturated rings. The second-order valence-electron chi connectivity index (χ2n) is 7.20. The molecule has 158 valence electrons. The zero-order valence-corrected chi connectivity index (χ0v) is 18.4. The van der Waals surface area contributed by atoms with Crippen LogP contribution in [0.3, 0.4) is 0 Å². The first kappa shape index (κ1) is 21.0. The lowest BCUT2D eigenvalue weighted by Gasteiger charge is -2.17. The van der Waals surface area contributed by atoms with Gasteiger partial charge in [-0.2, -0.15) is 8.75 Å². The van der Waals surface area contributed by atoms with Crippen LogP contribution in [0.25, 0.3) is 22.2 Å². The molecule has 6 heteroatoms. The number of rotatable bonds is 8. The monoisotopic (exact) mass is 431 g/mol. The van der Waals surface area contributed by atoms with Gasteiger partial charge in [0.05, 0.1) is 11.7 Å². The number of ether oxygens (including phenoxy) is 1. The number of phenolic OH excluding ortho intramolecular Hbond substituents is 1. The number of hydrogen-bond acceptors (Lipinski definition) is 6. The highest BCUT2D eigenvalue weighted by molar-refractivity contribution is 7.00. The number of aromatic nitrogens is 2. The van der Waals surface area contributed by atoms with Gasteiger partial charge in [0.1, 0.15) is 29.1 Å². The summed E-state index contributed by atoms with van der Waals surface area (Å²) >= 11 is 1.23. The maximum Gasteiger partial charge on any atom is 0.119 e. The Kier molecular flexibility index (Phi) is 6.60. The number of hydrogen-bond donors (Lipinski definition) is 2. The van der Waals surface area contributed by atoms with E-state index in [1.807, 2.05) is 37.4 Å². The summed E-state index contributed by atoms with van der Waals surface area (Å²) in [5.74, 6) is 1.10. The Morgan fingerprint density at radius 3 is 2.23 bits per heavy atom. The first-order valence-corrected chi connectivity index (χ1v) is 11.1. The molecule has 4 rings (SSSR count). The van der Waals surface area contributed by atoms with Crippen LogP contribution in [0.4, 0.5) is 0 Å². The summed E-state index contributed by atoms with van der Waals surface area (Å²) in [7, 11) is 1.91. The molecule has 4 aromatic rings. The highest BCUT2D eigenvalue weighted by Gasteiger charge is 2.14. The molecule has 31 heavy (non-hydrogen) atoms. The summed E-state index contributed by atoms with van der Waals surface area (Å²) in [4.78, 5) is 0. The molecule has 0 unspecified atom stereocenters. The second-order valence-corrected chi connectivity index (χ2v) is 7.73. The van der Waals surface area contributed by atoms with E-state index in [4.69, 9.17) is 4.74 Å². The van der Waals surface area contributed by atoms with Gasteiger partial charge in [0.2, 0.25) is 0 Å². The average molecular weight is 432 g/mol. The summed E-state index contributed by atoms with van der Waals surface area (Å²) in [6.07, 6.45) is 0.847. The predicted octanol–water partition coefficient (Wildman–Crippen LogP) is 5.36. The van der Waals surface area contributed by atoms with Gasteiger partial charge < -0.3 is 15.2 Å². The van der Waals surface area contributed by atoms with E-state index in [1.54, 1.807) is 12.1 Å². The van der Waals surface area contributed by atoms with E-state index in [-0.39, 0.29) is 5.75 Å². The molecule has 0 spiro atoms. The van der Waals surface area contributed by atoms with E-state index < -0.39 is 0 Å². The van der Waals surface area contributed by atoms with Crippen LogP contribution in [0.15, 0.2) is 66.7 Å². The van der Waals surface area contributed by atoms with E-state index in [2.05, 4.69) is 45.3 Å². The third-order valence-electron chi connectivity index (χ3n) is 5.18. The van der Waals surface area contributed by atoms with Gasteiger partial charge in [0.15, 0.2) is 0 Å². The molecule has 0 atom stereocenters. The number of phenols is 1. The fraction of sp³-hybridized carbons (Fsp3) is 0.200. The van der Waals surface area contributed by atoms with Gasteiger partial charge in [0, 0.05) is 6.54 Å². The van der Waals surface area contributed by atoms with E-state index in [0.29, 0.717) is 6.61 Å².